The first-order chi connectivity index (χ1) is 15.8. The number of hydrogen-bond donors (Lipinski definition) is 0. The second-order valence-corrected chi connectivity index (χ2v) is 9.82. The minimum absolute atomic E-state index is 0.00733. The fourth-order valence-electron chi connectivity index (χ4n) is 4.97. The van der Waals surface area contributed by atoms with Gasteiger partial charge in [0.25, 0.3) is 5.91 Å². The topological polar surface area (TPSA) is 49.9 Å². The standard InChI is InChI=1S/C28H36N2O3/c1-19(2)29(4)26(31)18-33-24-14-13-21-15-16-30(28(32)23-7-5-6-8-23)27(25(21)17-24)22-11-9-20(3)10-12-22/h9-14,17,19,23,27H,5-8,15-16,18H2,1-4H3. The van der Waals surface area contributed by atoms with Crippen molar-refractivity contribution in [2.24, 2.45) is 5.92 Å². The van der Waals surface area contributed by atoms with Crippen LogP contribution >= 0.6 is 0 Å². The molecule has 0 radical (unpaired) electrons. The highest BCUT2D eigenvalue weighted by Gasteiger charge is 2.36. The zero-order valence-corrected chi connectivity index (χ0v) is 20.3. The Morgan fingerprint density at radius 1 is 1.09 bits per heavy atom. The molecule has 1 atom stereocenters. The molecule has 1 fully saturated rings. The van der Waals surface area contributed by atoms with Gasteiger partial charge in [-0.1, -0.05) is 48.7 Å². The van der Waals surface area contributed by atoms with Gasteiger partial charge in [-0.3, -0.25) is 9.59 Å². The summed E-state index contributed by atoms with van der Waals surface area (Å²) in [6, 6.07) is 14.6. The summed E-state index contributed by atoms with van der Waals surface area (Å²) < 4.78 is 5.91. The molecule has 1 saturated carbocycles. The Morgan fingerprint density at radius 2 is 1.79 bits per heavy atom. The minimum atomic E-state index is -0.125. The second-order valence-electron chi connectivity index (χ2n) is 9.82. The van der Waals surface area contributed by atoms with Crippen LogP contribution in [0.4, 0.5) is 0 Å². The molecule has 4 rings (SSSR count). The molecule has 0 saturated heterocycles. The molecule has 33 heavy (non-hydrogen) atoms. The van der Waals surface area contributed by atoms with Crippen molar-refractivity contribution in [2.45, 2.75) is 65.0 Å². The Bertz CT molecular complexity index is 993. The molecule has 176 valence electrons. The predicted octanol–water partition coefficient (Wildman–Crippen LogP) is 4.90. The molecule has 1 heterocycles. The van der Waals surface area contributed by atoms with Crippen molar-refractivity contribution < 1.29 is 14.3 Å². The molecule has 1 unspecified atom stereocenters. The number of ether oxygens (including phenoxy) is 1. The van der Waals surface area contributed by atoms with Gasteiger partial charge in [-0.2, -0.15) is 0 Å². The number of amides is 2. The third-order valence-corrected chi connectivity index (χ3v) is 7.26. The minimum Gasteiger partial charge on any atom is -0.484 e. The number of carbonyl (C=O) groups excluding carboxylic acids is 2. The monoisotopic (exact) mass is 448 g/mol. The van der Waals surface area contributed by atoms with Crippen LogP contribution in [-0.4, -0.2) is 47.9 Å². The third-order valence-electron chi connectivity index (χ3n) is 7.26. The number of fused-ring (bicyclic) bond motifs is 1. The molecule has 5 nitrogen and oxygen atoms in total. The van der Waals surface area contributed by atoms with Crippen molar-refractivity contribution in [1.82, 2.24) is 9.80 Å². The lowest BCUT2D eigenvalue weighted by Crippen LogP contribution is -2.43. The summed E-state index contributed by atoms with van der Waals surface area (Å²) in [5.41, 5.74) is 4.68. The van der Waals surface area contributed by atoms with E-state index in [0.29, 0.717) is 5.75 Å². The molecule has 1 aliphatic heterocycles. The number of hydrogen-bond acceptors (Lipinski definition) is 3. The van der Waals surface area contributed by atoms with Crippen LogP contribution in [0.5, 0.6) is 5.75 Å². The Kier molecular flexibility index (Phi) is 7.06. The van der Waals surface area contributed by atoms with Crippen LogP contribution in [0, 0.1) is 12.8 Å². The van der Waals surface area contributed by atoms with Gasteiger partial charge in [-0.15, -0.1) is 0 Å². The van der Waals surface area contributed by atoms with E-state index in [1.54, 1.807) is 11.9 Å². The number of nitrogens with zero attached hydrogens (tertiary/aromatic N) is 2. The van der Waals surface area contributed by atoms with E-state index >= 15 is 0 Å². The lowest BCUT2D eigenvalue weighted by atomic mass is 9.86. The van der Waals surface area contributed by atoms with E-state index in [0.717, 1.165) is 49.8 Å². The van der Waals surface area contributed by atoms with E-state index in [-0.39, 0.29) is 36.4 Å². The van der Waals surface area contributed by atoms with Crippen LogP contribution < -0.4 is 4.74 Å². The average Bonchev–Trinajstić information content (AvgIpc) is 3.36. The molecule has 0 bridgehead atoms. The smallest absolute Gasteiger partial charge is 0.260 e. The molecular weight excluding hydrogens is 412 g/mol. The maximum absolute atomic E-state index is 13.5. The Morgan fingerprint density at radius 3 is 2.45 bits per heavy atom. The SMILES string of the molecule is Cc1ccc(C2c3cc(OCC(=O)N(C)C(C)C)ccc3CCN2C(=O)C2CCCC2)cc1. The van der Waals surface area contributed by atoms with Gasteiger partial charge in [0.05, 0.1) is 6.04 Å². The third kappa shape index (κ3) is 5.07. The normalized spacial score (nSPS) is 18.3. The molecular formula is C28H36N2O3. The summed E-state index contributed by atoms with van der Waals surface area (Å²) in [5, 5.41) is 0. The van der Waals surface area contributed by atoms with E-state index in [9.17, 15) is 9.59 Å². The van der Waals surface area contributed by atoms with Gasteiger partial charge in [0.2, 0.25) is 5.91 Å². The quantitative estimate of drug-likeness (QED) is 0.631. The van der Waals surface area contributed by atoms with E-state index in [1.165, 1.54) is 11.1 Å². The zero-order valence-electron chi connectivity index (χ0n) is 20.3. The van der Waals surface area contributed by atoms with Crippen molar-refractivity contribution in [3.05, 3.63) is 64.7 Å². The van der Waals surface area contributed by atoms with Gasteiger partial charge in [-0.05, 0) is 68.9 Å². The number of rotatable bonds is 6. The van der Waals surface area contributed by atoms with Gasteiger partial charge in [0.1, 0.15) is 5.75 Å². The van der Waals surface area contributed by atoms with Crippen molar-refractivity contribution >= 4 is 11.8 Å². The molecule has 2 aromatic rings. The summed E-state index contributed by atoms with van der Waals surface area (Å²) in [5.74, 6) is 1.05. The fraction of sp³-hybridized carbons (Fsp3) is 0.500. The summed E-state index contributed by atoms with van der Waals surface area (Å²) in [4.78, 5) is 29.7. The summed E-state index contributed by atoms with van der Waals surface area (Å²) >= 11 is 0. The van der Waals surface area contributed by atoms with Gasteiger partial charge >= 0.3 is 0 Å². The molecule has 0 spiro atoms. The van der Waals surface area contributed by atoms with E-state index in [2.05, 4.69) is 42.2 Å². The maximum Gasteiger partial charge on any atom is 0.260 e. The summed E-state index contributed by atoms with van der Waals surface area (Å²) in [6.07, 6.45) is 5.13. The second kappa shape index (κ2) is 9.98. The molecule has 5 heteroatoms. The lowest BCUT2D eigenvalue weighted by Gasteiger charge is -2.39. The Hall–Kier alpha value is -2.82. The van der Waals surface area contributed by atoms with Crippen LogP contribution in [0.25, 0.3) is 0 Å². The highest BCUT2D eigenvalue weighted by atomic mass is 16.5. The summed E-state index contributed by atoms with van der Waals surface area (Å²) in [6.45, 7) is 6.79. The van der Waals surface area contributed by atoms with E-state index in [4.69, 9.17) is 4.74 Å². The fourth-order valence-corrected chi connectivity index (χ4v) is 4.97. The molecule has 0 aromatic heterocycles. The van der Waals surface area contributed by atoms with Crippen LogP contribution in [0.3, 0.4) is 0 Å². The van der Waals surface area contributed by atoms with Crippen molar-refractivity contribution in [1.29, 1.82) is 0 Å². The first kappa shape index (κ1) is 23.3. The Labute approximate surface area is 197 Å². The van der Waals surface area contributed by atoms with Crippen LogP contribution in [-0.2, 0) is 16.0 Å². The maximum atomic E-state index is 13.5. The molecule has 1 aliphatic carbocycles. The number of aryl methyl sites for hydroxylation is 1. The highest BCUT2D eigenvalue weighted by molar-refractivity contribution is 5.80. The first-order valence-electron chi connectivity index (χ1n) is 12.2. The molecule has 2 aliphatic rings. The van der Waals surface area contributed by atoms with Crippen LogP contribution in [0.15, 0.2) is 42.5 Å². The highest BCUT2D eigenvalue weighted by Crippen LogP contribution is 2.39. The molecule has 2 amide bonds. The summed E-state index contributed by atoms with van der Waals surface area (Å²) in [7, 11) is 1.79. The number of likely N-dealkylation sites (N-methyl/N-ethyl adjacent to an activating group) is 1. The van der Waals surface area contributed by atoms with Gasteiger partial charge in [0, 0.05) is 25.6 Å². The van der Waals surface area contributed by atoms with E-state index in [1.807, 2.05) is 26.0 Å². The van der Waals surface area contributed by atoms with Gasteiger partial charge in [0.15, 0.2) is 6.61 Å². The zero-order chi connectivity index (χ0) is 23.5. The number of benzene rings is 2. The van der Waals surface area contributed by atoms with Gasteiger partial charge in [-0.25, -0.2) is 0 Å². The van der Waals surface area contributed by atoms with Crippen LogP contribution in [0.2, 0.25) is 0 Å². The number of carbonyl (C=O) groups is 2. The molecule has 2 aromatic carbocycles. The van der Waals surface area contributed by atoms with Crippen molar-refractivity contribution in [2.75, 3.05) is 20.2 Å². The largest absolute Gasteiger partial charge is 0.484 e. The van der Waals surface area contributed by atoms with Crippen molar-refractivity contribution in [3.63, 3.8) is 0 Å². The van der Waals surface area contributed by atoms with Crippen LogP contribution in [0.1, 0.15) is 67.8 Å². The Balaban J connectivity index is 1.64. The average molecular weight is 449 g/mol. The predicted molar refractivity (Wildman–Crippen MR) is 130 cm³/mol. The first-order valence-corrected chi connectivity index (χ1v) is 12.2. The molecule has 0 N–H and O–H groups in total. The van der Waals surface area contributed by atoms with Gasteiger partial charge < -0.3 is 14.5 Å². The van der Waals surface area contributed by atoms with Crippen molar-refractivity contribution in [3.8, 4) is 5.75 Å². The lowest BCUT2D eigenvalue weighted by molar-refractivity contribution is -0.137. The van der Waals surface area contributed by atoms with E-state index < -0.39 is 0 Å².